The Morgan fingerprint density at radius 1 is 1.03 bits per heavy atom. The molecule has 0 N–H and O–H groups in total. The van der Waals surface area contributed by atoms with Crippen molar-refractivity contribution in [2.45, 2.75) is 18.9 Å². The molecule has 5 rings (SSSR count). The molecule has 1 saturated heterocycles. The van der Waals surface area contributed by atoms with Crippen molar-refractivity contribution in [1.82, 2.24) is 0 Å². The van der Waals surface area contributed by atoms with Crippen molar-refractivity contribution >= 4 is 23.4 Å². The van der Waals surface area contributed by atoms with Gasteiger partial charge in [-0.1, -0.05) is 0 Å². The molecule has 0 amide bonds. The Labute approximate surface area is 182 Å². The van der Waals surface area contributed by atoms with Crippen LogP contribution < -0.4 is 4.74 Å². The lowest BCUT2D eigenvalue weighted by atomic mass is 9.80. The van der Waals surface area contributed by atoms with E-state index in [0.29, 0.717) is 23.5 Å². The quantitative estimate of drug-likeness (QED) is 0.280. The SMILES string of the molecule is O=C(COC(=O)[C@@H]1[C@@H]2C[C@@H]3[C@@H]1C(=O)O[C@H]3C2)c1ccc(Oc2ccc([N+](=O)[O-])cc2)cc1. The van der Waals surface area contributed by atoms with Gasteiger partial charge in [-0.2, -0.15) is 0 Å². The summed E-state index contributed by atoms with van der Waals surface area (Å²) in [4.78, 5) is 47.3. The number of carbonyl (C=O) groups is 3. The number of nitro benzene ring substituents is 1. The molecule has 2 aromatic rings. The third-order valence-electron chi connectivity index (χ3n) is 6.56. The molecule has 164 valence electrons. The maximum absolute atomic E-state index is 12.6. The van der Waals surface area contributed by atoms with Crippen LogP contribution >= 0.6 is 0 Å². The average molecular weight is 437 g/mol. The van der Waals surface area contributed by atoms with Crippen LogP contribution in [-0.4, -0.2) is 35.4 Å². The minimum absolute atomic E-state index is 0.0390. The number of fused-ring (bicyclic) bond motifs is 1. The molecule has 32 heavy (non-hydrogen) atoms. The van der Waals surface area contributed by atoms with Gasteiger partial charge in [0, 0.05) is 23.6 Å². The number of benzene rings is 2. The van der Waals surface area contributed by atoms with Crippen LogP contribution in [0, 0.1) is 33.8 Å². The number of ketones is 1. The van der Waals surface area contributed by atoms with Gasteiger partial charge in [0.15, 0.2) is 12.4 Å². The lowest BCUT2D eigenvalue weighted by Gasteiger charge is -2.22. The van der Waals surface area contributed by atoms with E-state index in [1.807, 2.05) is 0 Å². The first-order chi connectivity index (χ1) is 15.4. The number of non-ortho nitro benzene ring substituents is 1. The normalized spacial score (nSPS) is 27.1. The fourth-order valence-corrected chi connectivity index (χ4v) is 5.12. The van der Waals surface area contributed by atoms with E-state index in [1.165, 1.54) is 24.3 Å². The molecule has 3 aliphatic rings. The Morgan fingerprint density at radius 3 is 2.34 bits per heavy atom. The molecule has 9 heteroatoms. The number of Topliss-reactive ketones (excluding diaryl/α,β-unsaturated/α-hetero) is 1. The molecule has 1 aliphatic heterocycles. The van der Waals surface area contributed by atoms with Crippen molar-refractivity contribution in [1.29, 1.82) is 0 Å². The van der Waals surface area contributed by atoms with Crippen LogP contribution in [0.4, 0.5) is 5.69 Å². The first-order valence-electron chi connectivity index (χ1n) is 10.3. The zero-order valence-electron chi connectivity index (χ0n) is 16.8. The minimum atomic E-state index is -0.517. The number of carbonyl (C=O) groups excluding carboxylic acids is 3. The molecule has 2 aromatic carbocycles. The maximum Gasteiger partial charge on any atom is 0.310 e. The molecule has 0 unspecified atom stereocenters. The van der Waals surface area contributed by atoms with Crippen molar-refractivity contribution in [2.75, 3.05) is 6.61 Å². The second kappa shape index (κ2) is 7.74. The van der Waals surface area contributed by atoms with E-state index in [4.69, 9.17) is 14.2 Å². The molecule has 2 bridgehead atoms. The highest BCUT2D eigenvalue weighted by Crippen LogP contribution is 2.57. The standard InChI is InChI=1S/C23H19NO8/c25-18(11-30-22(26)20-13-9-17-19(10-13)32-23(27)21(17)20)12-1-5-15(6-2-12)31-16-7-3-14(4-8-16)24(28)29/h1-8,13,17,19-21H,9-11H2/t13-,17+,19+,20-,21+/m1/s1. The van der Waals surface area contributed by atoms with Gasteiger partial charge < -0.3 is 14.2 Å². The third kappa shape index (κ3) is 3.49. The smallest absolute Gasteiger partial charge is 0.310 e. The van der Waals surface area contributed by atoms with E-state index in [-0.39, 0.29) is 35.4 Å². The average Bonchev–Trinajstić information content (AvgIpc) is 3.41. The number of hydrogen-bond acceptors (Lipinski definition) is 8. The summed E-state index contributed by atoms with van der Waals surface area (Å²) in [6, 6.07) is 11.9. The first-order valence-corrected chi connectivity index (χ1v) is 10.3. The molecule has 0 radical (unpaired) electrons. The van der Waals surface area contributed by atoms with Crippen molar-refractivity contribution in [3.8, 4) is 11.5 Å². The Morgan fingerprint density at radius 2 is 1.69 bits per heavy atom. The van der Waals surface area contributed by atoms with Gasteiger partial charge in [-0.3, -0.25) is 24.5 Å². The summed E-state index contributed by atoms with van der Waals surface area (Å²) in [6.07, 6.45) is 1.43. The van der Waals surface area contributed by atoms with E-state index in [0.717, 1.165) is 6.42 Å². The highest BCUT2D eigenvalue weighted by molar-refractivity contribution is 5.98. The highest BCUT2D eigenvalue weighted by atomic mass is 16.6. The van der Waals surface area contributed by atoms with Crippen molar-refractivity contribution in [3.63, 3.8) is 0 Å². The van der Waals surface area contributed by atoms with E-state index in [2.05, 4.69) is 0 Å². The molecular formula is C23H19NO8. The zero-order chi connectivity index (χ0) is 22.4. The molecule has 3 fully saturated rings. The fourth-order valence-electron chi connectivity index (χ4n) is 5.12. The van der Waals surface area contributed by atoms with Crippen molar-refractivity contribution in [3.05, 3.63) is 64.2 Å². The van der Waals surface area contributed by atoms with Gasteiger partial charge >= 0.3 is 11.9 Å². The molecule has 0 spiro atoms. The lowest BCUT2D eigenvalue weighted by molar-refractivity contribution is -0.384. The minimum Gasteiger partial charge on any atom is -0.462 e. The summed E-state index contributed by atoms with van der Waals surface area (Å²) in [5.41, 5.74) is 0.310. The number of hydrogen-bond donors (Lipinski definition) is 0. The zero-order valence-corrected chi connectivity index (χ0v) is 16.8. The van der Waals surface area contributed by atoms with Crippen LogP contribution in [0.3, 0.4) is 0 Å². The Hall–Kier alpha value is -3.75. The van der Waals surface area contributed by atoms with Crippen LogP contribution in [0.1, 0.15) is 23.2 Å². The second-order valence-corrected chi connectivity index (χ2v) is 8.33. The maximum atomic E-state index is 12.6. The van der Waals surface area contributed by atoms with Crippen LogP contribution in [0.5, 0.6) is 11.5 Å². The van der Waals surface area contributed by atoms with Crippen LogP contribution in [0.25, 0.3) is 0 Å². The van der Waals surface area contributed by atoms with Gasteiger partial charge in [0.1, 0.15) is 17.6 Å². The summed E-state index contributed by atoms with van der Waals surface area (Å²) in [6.45, 7) is -0.402. The third-order valence-corrected chi connectivity index (χ3v) is 6.56. The summed E-state index contributed by atoms with van der Waals surface area (Å²) in [5.74, 6) is -1.10. The second-order valence-electron chi connectivity index (χ2n) is 8.33. The molecule has 2 aliphatic carbocycles. The number of rotatable bonds is 7. The van der Waals surface area contributed by atoms with E-state index in [9.17, 15) is 24.5 Å². The Balaban J connectivity index is 1.16. The van der Waals surface area contributed by atoms with Crippen LogP contribution in [0.15, 0.2) is 48.5 Å². The van der Waals surface area contributed by atoms with Crippen molar-refractivity contribution in [2.24, 2.45) is 23.7 Å². The Kier molecular flexibility index (Phi) is 4.88. The number of esters is 2. The largest absolute Gasteiger partial charge is 0.462 e. The molecule has 0 aromatic heterocycles. The molecule has 1 heterocycles. The van der Waals surface area contributed by atoms with Gasteiger partial charge in [-0.15, -0.1) is 0 Å². The fraction of sp³-hybridized carbons (Fsp3) is 0.348. The van der Waals surface area contributed by atoms with Gasteiger partial charge in [-0.25, -0.2) is 0 Å². The van der Waals surface area contributed by atoms with Crippen molar-refractivity contribution < 1.29 is 33.5 Å². The lowest BCUT2D eigenvalue weighted by Crippen LogP contribution is -2.34. The van der Waals surface area contributed by atoms with Crippen LogP contribution in [-0.2, 0) is 19.1 Å². The van der Waals surface area contributed by atoms with Gasteiger partial charge in [0.05, 0.1) is 16.8 Å². The number of ether oxygens (including phenoxy) is 3. The topological polar surface area (TPSA) is 122 Å². The van der Waals surface area contributed by atoms with Gasteiger partial charge in [0.2, 0.25) is 0 Å². The predicted octanol–water partition coefficient (Wildman–Crippen LogP) is 3.31. The van der Waals surface area contributed by atoms with Gasteiger partial charge in [0.25, 0.3) is 5.69 Å². The first kappa shape index (κ1) is 20.2. The van der Waals surface area contributed by atoms with Crippen LogP contribution in [0.2, 0.25) is 0 Å². The summed E-state index contributed by atoms with van der Waals surface area (Å²) in [5, 5.41) is 10.7. The molecule has 9 nitrogen and oxygen atoms in total. The molecular weight excluding hydrogens is 418 g/mol. The Bertz CT molecular complexity index is 1090. The summed E-state index contributed by atoms with van der Waals surface area (Å²) >= 11 is 0. The van der Waals surface area contributed by atoms with E-state index >= 15 is 0 Å². The summed E-state index contributed by atoms with van der Waals surface area (Å²) in [7, 11) is 0. The number of nitro groups is 1. The van der Waals surface area contributed by atoms with Gasteiger partial charge in [-0.05, 0) is 55.2 Å². The highest BCUT2D eigenvalue weighted by Gasteiger charge is 2.64. The summed E-state index contributed by atoms with van der Waals surface area (Å²) < 4.78 is 16.2. The molecule has 2 saturated carbocycles. The molecule has 5 atom stereocenters. The number of nitrogens with zero attached hydrogens (tertiary/aromatic N) is 1. The predicted molar refractivity (Wildman–Crippen MR) is 108 cm³/mol. The van der Waals surface area contributed by atoms with E-state index in [1.54, 1.807) is 24.3 Å². The monoisotopic (exact) mass is 437 g/mol. The van der Waals surface area contributed by atoms with E-state index < -0.39 is 29.3 Å².